The summed E-state index contributed by atoms with van der Waals surface area (Å²) in [6.07, 6.45) is 5.08. The van der Waals surface area contributed by atoms with Crippen LogP contribution in [0.3, 0.4) is 0 Å². The van der Waals surface area contributed by atoms with Gasteiger partial charge in [0.05, 0.1) is 17.3 Å². The number of fused-ring (bicyclic) bond motifs is 2. The molecular formula is C16H27ClN4O. The highest BCUT2D eigenvalue weighted by molar-refractivity contribution is 5.95. The fourth-order valence-electron chi connectivity index (χ4n) is 3.75. The highest BCUT2D eigenvalue weighted by Gasteiger charge is 2.39. The molecule has 2 saturated heterocycles. The number of carbonyl (C=O) groups excluding carboxylic acids is 1. The molecule has 3 rings (SSSR count). The summed E-state index contributed by atoms with van der Waals surface area (Å²) in [5.74, 6) is 0.166. The molecule has 0 aliphatic carbocycles. The number of aromatic nitrogens is 2. The van der Waals surface area contributed by atoms with Crippen molar-refractivity contribution in [3.8, 4) is 0 Å². The Bertz CT molecular complexity index is 535. The van der Waals surface area contributed by atoms with Crippen LogP contribution >= 0.6 is 12.4 Å². The Balaban J connectivity index is 0.00000176. The van der Waals surface area contributed by atoms with E-state index in [-0.39, 0.29) is 23.9 Å². The van der Waals surface area contributed by atoms with Gasteiger partial charge in [0.15, 0.2) is 0 Å². The lowest BCUT2D eigenvalue weighted by atomic mass is 10.1. The maximum atomic E-state index is 13.0. The molecule has 5 nitrogen and oxygen atoms in total. The van der Waals surface area contributed by atoms with Crippen molar-refractivity contribution in [2.24, 2.45) is 0 Å². The molecule has 2 bridgehead atoms. The van der Waals surface area contributed by atoms with Crippen LogP contribution in [0.2, 0.25) is 0 Å². The smallest absolute Gasteiger partial charge is 0.257 e. The largest absolute Gasteiger partial charge is 0.331 e. The summed E-state index contributed by atoms with van der Waals surface area (Å²) in [6, 6.07) is 0.747. The number of hydrogen-bond donors (Lipinski definition) is 1. The minimum Gasteiger partial charge on any atom is -0.331 e. The lowest BCUT2D eigenvalue weighted by Gasteiger charge is -2.28. The molecule has 2 aliphatic rings. The molecular weight excluding hydrogens is 300 g/mol. The Morgan fingerprint density at radius 1 is 1.27 bits per heavy atom. The van der Waals surface area contributed by atoms with Crippen LogP contribution in [-0.2, 0) is 5.54 Å². The van der Waals surface area contributed by atoms with Gasteiger partial charge in [-0.05, 0) is 53.5 Å². The average molecular weight is 327 g/mol. The van der Waals surface area contributed by atoms with Crippen LogP contribution in [0, 0.1) is 6.92 Å². The number of hydrogen-bond acceptors (Lipinski definition) is 3. The molecule has 2 fully saturated rings. The van der Waals surface area contributed by atoms with Gasteiger partial charge in [-0.3, -0.25) is 9.48 Å². The first-order valence-electron chi connectivity index (χ1n) is 7.98. The monoisotopic (exact) mass is 326 g/mol. The van der Waals surface area contributed by atoms with Gasteiger partial charge in [-0.2, -0.15) is 5.10 Å². The number of amides is 1. The van der Waals surface area contributed by atoms with Crippen molar-refractivity contribution in [3.63, 3.8) is 0 Å². The summed E-state index contributed by atoms with van der Waals surface area (Å²) < 4.78 is 1.96. The van der Waals surface area contributed by atoms with E-state index in [1.165, 1.54) is 0 Å². The van der Waals surface area contributed by atoms with E-state index in [2.05, 4.69) is 36.1 Å². The molecule has 2 atom stereocenters. The Hall–Kier alpha value is -1.07. The summed E-state index contributed by atoms with van der Waals surface area (Å²) in [5, 5.41) is 7.89. The molecule has 2 aliphatic heterocycles. The zero-order valence-corrected chi connectivity index (χ0v) is 14.7. The van der Waals surface area contributed by atoms with Gasteiger partial charge in [-0.25, -0.2) is 0 Å². The van der Waals surface area contributed by atoms with Crippen molar-refractivity contribution in [2.75, 3.05) is 13.1 Å². The molecule has 0 radical (unpaired) electrons. The molecule has 3 heterocycles. The van der Waals surface area contributed by atoms with E-state index in [1.54, 1.807) is 6.20 Å². The molecule has 0 aromatic carbocycles. The second kappa shape index (κ2) is 6.20. The van der Waals surface area contributed by atoms with Gasteiger partial charge in [0.1, 0.15) is 0 Å². The van der Waals surface area contributed by atoms with E-state index in [1.807, 2.05) is 11.6 Å². The number of nitrogens with zero attached hydrogens (tertiary/aromatic N) is 3. The van der Waals surface area contributed by atoms with Gasteiger partial charge < -0.3 is 10.2 Å². The first-order valence-corrected chi connectivity index (χ1v) is 7.98. The molecule has 1 N–H and O–H groups in total. The predicted molar refractivity (Wildman–Crippen MR) is 89.7 cm³/mol. The van der Waals surface area contributed by atoms with Crippen molar-refractivity contribution < 1.29 is 4.79 Å². The van der Waals surface area contributed by atoms with Crippen molar-refractivity contribution >= 4 is 18.3 Å². The van der Waals surface area contributed by atoms with Crippen molar-refractivity contribution in [2.45, 2.75) is 64.6 Å². The molecule has 22 heavy (non-hydrogen) atoms. The van der Waals surface area contributed by atoms with E-state index >= 15 is 0 Å². The number of halogens is 1. The fraction of sp³-hybridized carbons (Fsp3) is 0.750. The van der Waals surface area contributed by atoms with Gasteiger partial charge >= 0.3 is 0 Å². The maximum absolute atomic E-state index is 13.0. The number of nitrogens with one attached hydrogen (secondary N) is 1. The van der Waals surface area contributed by atoms with Gasteiger partial charge in [-0.1, -0.05) is 0 Å². The minimum absolute atomic E-state index is 0. The van der Waals surface area contributed by atoms with Gasteiger partial charge in [0, 0.05) is 24.3 Å². The van der Waals surface area contributed by atoms with E-state index < -0.39 is 0 Å². The van der Waals surface area contributed by atoms with Crippen LogP contribution in [-0.4, -0.2) is 45.8 Å². The number of carbonyl (C=O) groups is 1. The Kier molecular flexibility index (Phi) is 4.87. The highest BCUT2D eigenvalue weighted by atomic mass is 35.5. The molecule has 0 spiro atoms. The van der Waals surface area contributed by atoms with E-state index in [4.69, 9.17) is 0 Å². The summed E-state index contributed by atoms with van der Waals surface area (Å²) in [6.45, 7) is 10.3. The molecule has 1 amide bonds. The lowest BCUT2D eigenvalue weighted by molar-refractivity contribution is 0.0679. The minimum atomic E-state index is -0.0953. The molecule has 124 valence electrons. The Morgan fingerprint density at radius 3 is 2.59 bits per heavy atom. The van der Waals surface area contributed by atoms with Crippen molar-refractivity contribution in [1.82, 2.24) is 20.0 Å². The van der Waals surface area contributed by atoms with Gasteiger partial charge in [0.2, 0.25) is 0 Å². The van der Waals surface area contributed by atoms with Crippen LogP contribution in [0.5, 0.6) is 0 Å². The lowest BCUT2D eigenvalue weighted by Crippen LogP contribution is -2.42. The van der Waals surface area contributed by atoms with Crippen molar-refractivity contribution in [3.05, 3.63) is 17.5 Å². The van der Waals surface area contributed by atoms with Crippen LogP contribution in [0.15, 0.2) is 6.20 Å². The van der Waals surface area contributed by atoms with Crippen LogP contribution in [0.1, 0.15) is 56.1 Å². The third-order valence-electron chi connectivity index (χ3n) is 4.76. The Morgan fingerprint density at radius 2 is 1.95 bits per heavy atom. The van der Waals surface area contributed by atoms with Crippen LogP contribution in [0.4, 0.5) is 0 Å². The van der Waals surface area contributed by atoms with E-state index in [9.17, 15) is 4.79 Å². The first-order chi connectivity index (χ1) is 9.89. The van der Waals surface area contributed by atoms with Crippen LogP contribution < -0.4 is 5.32 Å². The zero-order valence-electron chi connectivity index (χ0n) is 13.9. The molecule has 0 saturated carbocycles. The zero-order chi connectivity index (χ0) is 15.2. The molecule has 1 aromatic heterocycles. The third-order valence-corrected chi connectivity index (χ3v) is 4.76. The normalized spacial score (nSPS) is 24.8. The summed E-state index contributed by atoms with van der Waals surface area (Å²) in [7, 11) is 0. The average Bonchev–Trinajstić information content (AvgIpc) is 2.87. The standard InChI is InChI=1S/C16H26N4O.ClH/c1-11-14(10-18-20(11)16(2,3)4)15(21)19-12-5-6-13(19)9-17-8-7-12;/h10,12-13,17H,5-9H2,1-4H3;1H. The summed E-state index contributed by atoms with van der Waals surface area (Å²) >= 11 is 0. The molecule has 1 aromatic rings. The second-order valence-corrected chi connectivity index (χ2v) is 7.32. The van der Waals surface area contributed by atoms with E-state index in [0.29, 0.717) is 12.1 Å². The first kappa shape index (κ1) is 17.3. The summed E-state index contributed by atoms with van der Waals surface area (Å²) in [5.41, 5.74) is 1.65. The number of rotatable bonds is 1. The van der Waals surface area contributed by atoms with Crippen molar-refractivity contribution in [1.29, 1.82) is 0 Å². The maximum Gasteiger partial charge on any atom is 0.257 e. The SMILES string of the molecule is Cc1c(C(=O)N2C3CCNCC2CC3)cnn1C(C)(C)C.Cl. The Labute approximate surface area is 138 Å². The molecule has 2 unspecified atom stereocenters. The second-order valence-electron chi connectivity index (χ2n) is 7.32. The van der Waals surface area contributed by atoms with Gasteiger partial charge in [0.25, 0.3) is 5.91 Å². The topological polar surface area (TPSA) is 50.2 Å². The highest BCUT2D eigenvalue weighted by Crippen LogP contribution is 2.30. The quantitative estimate of drug-likeness (QED) is 0.861. The summed E-state index contributed by atoms with van der Waals surface area (Å²) in [4.78, 5) is 15.1. The fourth-order valence-corrected chi connectivity index (χ4v) is 3.75. The molecule has 6 heteroatoms. The third kappa shape index (κ3) is 2.88. The predicted octanol–water partition coefficient (Wildman–Crippen LogP) is 2.33. The van der Waals surface area contributed by atoms with E-state index in [0.717, 1.165) is 43.6 Å². The van der Waals surface area contributed by atoms with Crippen LogP contribution in [0.25, 0.3) is 0 Å². The van der Waals surface area contributed by atoms with Gasteiger partial charge in [-0.15, -0.1) is 12.4 Å².